The van der Waals surface area contributed by atoms with Gasteiger partial charge in [0.15, 0.2) is 9.84 Å². The molecular formula is C13H22N2O5S. The van der Waals surface area contributed by atoms with Gasteiger partial charge in [-0.15, -0.1) is 0 Å². The zero-order valence-electron chi connectivity index (χ0n) is 12.2. The van der Waals surface area contributed by atoms with Crippen LogP contribution in [0.4, 0.5) is 0 Å². The molecule has 8 heteroatoms. The molecule has 120 valence electrons. The quantitative estimate of drug-likeness (QED) is 0.739. The summed E-state index contributed by atoms with van der Waals surface area (Å²) in [4.78, 5) is 26.7. The first-order valence-corrected chi connectivity index (χ1v) is 9.13. The second kappa shape index (κ2) is 6.31. The smallest absolute Gasteiger partial charge is 0.326 e. The van der Waals surface area contributed by atoms with Crippen LogP contribution in [0, 0.1) is 0 Å². The first kappa shape index (κ1) is 16.2. The van der Waals surface area contributed by atoms with Crippen molar-refractivity contribution in [1.29, 1.82) is 0 Å². The molecule has 2 unspecified atom stereocenters. The van der Waals surface area contributed by atoms with Crippen LogP contribution in [0.2, 0.25) is 0 Å². The largest absolute Gasteiger partial charge is 0.480 e. The number of carbonyl (C=O) groups is 2. The summed E-state index contributed by atoms with van der Waals surface area (Å²) >= 11 is 0. The third-order valence-electron chi connectivity index (χ3n) is 4.33. The average molecular weight is 318 g/mol. The topological polar surface area (TPSA) is 95.0 Å². The molecule has 0 aromatic rings. The molecule has 0 aromatic carbocycles. The highest BCUT2D eigenvalue weighted by atomic mass is 32.2. The van der Waals surface area contributed by atoms with Gasteiger partial charge in [-0.25, -0.2) is 13.2 Å². The molecule has 2 aliphatic heterocycles. The second-order valence-corrected chi connectivity index (χ2v) is 7.93. The third-order valence-corrected chi connectivity index (χ3v) is 6.08. The Hall–Kier alpha value is -1.15. The molecule has 1 amide bonds. The Bertz CT molecular complexity index is 519. The van der Waals surface area contributed by atoms with Crippen LogP contribution in [0.15, 0.2) is 0 Å². The monoisotopic (exact) mass is 318 g/mol. The predicted molar refractivity (Wildman–Crippen MR) is 76.7 cm³/mol. The summed E-state index contributed by atoms with van der Waals surface area (Å²) in [6, 6.07) is -0.863. The molecule has 0 spiro atoms. The highest BCUT2D eigenvalue weighted by Gasteiger charge is 2.37. The van der Waals surface area contributed by atoms with E-state index < -0.39 is 21.8 Å². The molecular weight excluding hydrogens is 296 g/mol. The van der Waals surface area contributed by atoms with Gasteiger partial charge in [-0.2, -0.15) is 0 Å². The van der Waals surface area contributed by atoms with Gasteiger partial charge < -0.3 is 10.0 Å². The number of rotatable bonds is 5. The molecule has 0 saturated carbocycles. The van der Waals surface area contributed by atoms with Crippen LogP contribution in [-0.4, -0.2) is 78.4 Å². The van der Waals surface area contributed by atoms with E-state index >= 15 is 0 Å². The van der Waals surface area contributed by atoms with E-state index in [0.717, 1.165) is 0 Å². The lowest BCUT2D eigenvalue weighted by Crippen LogP contribution is -2.48. The molecule has 7 nitrogen and oxygen atoms in total. The van der Waals surface area contributed by atoms with Crippen molar-refractivity contribution in [1.82, 2.24) is 9.80 Å². The van der Waals surface area contributed by atoms with Gasteiger partial charge >= 0.3 is 5.97 Å². The number of hydrogen-bond acceptors (Lipinski definition) is 5. The number of likely N-dealkylation sites (N-methyl/N-ethyl adjacent to an activating group) is 1. The Balaban J connectivity index is 1.98. The number of likely N-dealkylation sites (tertiary alicyclic amines) is 1. The standard InChI is InChI=1S/C13H22N2O5S/c1-2-14(10-5-7-21(19,20)9-10)8-12(16)15-6-3-4-11(15)13(17)18/h10-11H,2-9H2,1H3,(H,17,18). The molecule has 0 radical (unpaired) electrons. The Morgan fingerprint density at radius 2 is 2.05 bits per heavy atom. The summed E-state index contributed by atoms with van der Waals surface area (Å²) in [6.45, 7) is 3.03. The number of nitrogens with zero attached hydrogens (tertiary/aromatic N) is 2. The highest BCUT2D eigenvalue weighted by Crippen LogP contribution is 2.20. The van der Waals surface area contributed by atoms with Gasteiger partial charge in [-0.3, -0.25) is 9.69 Å². The summed E-state index contributed by atoms with van der Waals surface area (Å²) in [5, 5.41) is 9.12. The number of amides is 1. The van der Waals surface area contributed by atoms with Crippen molar-refractivity contribution in [3.8, 4) is 0 Å². The normalized spacial score (nSPS) is 28.2. The van der Waals surface area contributed by atoms with Crippen LogP contribution in [0.25, 0.3) is 0 Å². The zero-order valence-corrected chi connectivity index (χ0v) is 13.0. The van der Waals surface area contributed by atoms with Crippen LogP contribution < -0.4 is 0 Å². The third kappa shape index (κ3) is 3.74. The molecule has 2 fully saturated rings. The molecule has 21 heavy (non-hydrogen) atoms. The SMILES string of the molecule is CCN(CC(=O)N1CCCC1C(=O)O)C1CCS(=O)(=O)C1. The van der Waals surface area contributed by atoms with E-state index in [9.17, 15) is 18.0 Å². The van der Waals surface area contributed by atoms with E-state index in [4.69, 9.17) is 5.11 Å². The van der Waals surface area contributed by atoms with E-state index in [1.165, 1.54) is 4.90 Å². The number of carboxylic acids is 1. The number of sulfone groups is 1. The minimum atomic E-state index is -2.99. The van der Waals surface area contributed by atoms with Gasteiger partial charge in [0.05, 0.1) is 18.1 Å². The maximum Gasteiger partial charge on any atom is 0.326 e. The van der Waals surface area contributed by atoms with Crippen LogP contribution in [0.5, 0.6) is 0 Å². The van der Waals surface area contributed by atoms with Crippen molar-refractivity contribution >= 4 is 21.7 Å². The van der Waals surface area contributed by atoms with Gasteiger partial charge in [-0.1, -0.05) is 6.92 Å². The molecule has 2 aliphatic rings. The number of carboxylic acid groups (broad SMARTS) is 1. The lowest BCUT2D eigenvalue weighted by Gasteiger charge is -2.29. The number of aliphatic carboxylic acids is 1. The van der Waals surface area contributed by atoms with Crippen LogP contribution >= 0.6 is 0 Å². The van der Waals surface area contributed by atoms with Crippen LogP contribution in [-0.2, 0) is 19.4 Å². The fourth-order valence-corrected chi connectivity index (χ4v) is 4.91. The molecule has 0 aliphatic carbocycles. The minimum Gasteiger partial charge on any atom is -0.480 e. The van der Waals surface area contributed by atoms with Crippen molar-refractivity contribution in [3.05, 3.63) is 0 Å². The van der Waals surface area contributed by atoms with Gasteiger partial charge in [-0.05, 0) is 25.8 Å². The molecule has 2 rings (SSSR count). The summed E-state index contributed by atoms with van der Waals surface area (Å²) in [7, 11) is -2.99. The molecule has 0 bridgehead atoms. The highest BCUT2D eigenvalue weighted by molar-refractivity contribution is 7.91. The van der Waals surface area contributed by atoms with Crippen molar-refractivity contribution in [2.75, 3.05) is 31.1 Å². The van der Waals surface area contributed by atoms with Gasteiger partial charge in [0, 0.05) is 12.6 Å². The Morgan fingerprint density at radius 1 is 1.33 bits per heavy atom. The predicted octanol–water partition coefficient (Wildman–Crippen LogP) is -0.429. The maximum absolute atomic E-state index is 12.3. The van der Waals surface area contributed by atoms with Crippen molar-refractivity contribution in [3.63, 3.8) is 0 Å². The first-order valence-electron chi connectivity index (χ1n) is 7.31. The zero-order chi connectivity index (χ0) is 15.6. The Morgan fingerprint density at radius 3 is 2.57 bits per heavy atom. The van der Waals surface area contributed by atoms with Gasteiger partial charge in [0.2, 0.25) is 5.91 Å². The lowest BCUT2D eigenvalue weighted by molar-refractivity contribution is -0.148. The number of carbonyl (C=O) groups excluding carboxylic acids is 1. The van der Waals surface area contributed by atoms with Crippen molar-refractivity contribution in [2.45, 2.75) is 38.3 Å². The number of hydrogen-bond donors (Lipinski definition) is 1. The van der Waals surface area contributed by atoms with Crippen LogP contribution in [0.1, 0.15) is 26.2 Å². The van der Waals surface area contributed by atoms with E-state index in [1.54, 1.807) is 0 Å². The Labute approximate surface area is 124 Å². The second-order valence-electron chi connectivity index (χ2n) is 5.70. The van der Waals surface area contributed by atoms with E-state index in [0.29, 0.717) is 32.4 Å². The summed E-state index contributed by atoms with van der Waals surface area (Å²) in [6.07, 6.45) is 1.74. The van der Waals surface area contributed by atoms with Crippen molar-refractivity contribution in [2.24, 2.45) is 0 Å². The van der Waals surface area contributed by atoms with Crippen LogP contribution in [0.3, 0.4) is 0 Å². The van der Waals surface area contributed by atoms with Crippen molar-refractivity contribution < 1.29 is 23.1 Å². The Kier molecular flexibility index (Phi) is 4.88. The van der Waals surface area contributed by atoms with E-state index in [1.807, 2.05) is 11.8 Å². The first-order chi connectivity index (χ1) is 9.84. The summed E-state index contributed by atoms with van der Waals surface area (Å²) < 4.78 is 23.1. The molecule has 2 saturated heterocycles. The fourth-order valence-electron chi connectivity index (χ4n) is 3.15. The lowest BCUT2D eigenvalue weighted by atomic mass is 10.2. The minimum absolute atomic E-state index is 0.0937. The fraction of sp³-hybridized carbons (Fsp3) is 0.846. The van der Waals surface area contributed by atoms with E-state index in [-0.39, 0.29) is 30.0 Å². The maximum atomic E-state index is 12.3. The van der Waals surface area contributed by atoms with Gasteiger partial charge in [0.25, 0.3) is 0 Å². The molecule has 2 atom stereocenters. The summed E-state index contributed by atoms with van der Waals surface area (Å²) in [5.74, 6) is -0.918. The molecule has 2 heterocycles. The molecule has 0 aromatic heterocycles. The van der Waals surface area contributed by atoms with E-state index in [2.05, 4.69) is 0 Å². The average Bonchev–Trinajstić information content (AvgIpc) is 3.02. The van der Waals surface area contributed by atoms with Gasteiger partial charge in [0.1, 0.15) is 6.04 Å². The molecule has 1 N–H and O–H groups in total. The summed E-state index contributed by atoms with van der Waals surface area (Å²) in [5.41, 5.74) is 0.